The zero-order valence-corrected chi connectivity index (χ0v) is 7.96. The van der Waals surface area contributed by atoms with Crippen molar-refractivity contribution in [2.24, 2.45) is 11.8 Å². The predicted molar refractivity (Wildman–Crippen MR) is 45.5 cm³/mol. The lowest BCUT2D eigenvalue weighted by molar-refractivity contribution is -0.141. The summed E-state index contributed by atoms with van der Waals surface area (Å²) in [5.41, 5.74) is 0. The van der Waals surface area contributed by atoms with Gasteiger partial charge in [0.25, 0.3) is 5.91 Å². The van der Waals surface area contributed by atoms with E-state index in [-0.39, 0.29) is 0 Å². The normalized spacial score (nSPS) is 23.2. The Kier molecular flexibility index (Phi) is 3.22. The Morgan fingerprint density at radius 1 is 1.46 bits per heavy atom. The van der Waals surface area contributed by atoms with Gasteiger partial charge in [0, 0.05) is 13.1 Å². The highest BCUT2D eigenvalue weighted by atomic mass is 19.3. The topological polar surface area (TPSA) is 20.3 Å². The van der Waals surface area contributed by atoms with Crippen LogP contribution >= 0.6 is 0 Å². The van der Waals surface area contributed by atoms with Crippen LogP contribution in [-0.2, 0) is 4.79 Å². The molecule has 0 radical (unpaired) electrons. The number of hydrogen-bond donors (Lipinski definition) is 0. The molecule has 0 aromatic heterocycles. The molecule has 1 unspecified atom stereocenters. The lowest BCUT2D eigenvalue weighted by atomic mass is 9.95. The van der Waals surface area contributed by atoms with E-state index >= 15 is 0 Å². The second-order valence-corrected chi connectivity index (χ2v) is 3.88. The van der Waals surface area contributed by atoms with Crippen molar-refractivity contribution in [2.75, 3.05) is 13.1 Å². The maximum Gasteiger partial charge on any atom is 0.315 e. The van der Waals surface area contributed by atoms with Crippen molar-refractivity contribution in [1.29, 1.82) is 0 Å². The maximum atomic E-state index is 12.0. The van der Waals surface area contributed by atoms with E-state index in [1.807, 2.05) is 0 Å². The summed E-state index contributed by atoms with van der Waals surface area (Å²) in [4.78, 5) is 12.2. The number of nitrogens with zero attached hydrogens (tertiary/aromatic N) is 1. The summed E-state index contributed by atoms with van der Waals surface area (Å²) < 4.78 is 24.0. The quantitative estimate of drug-likeness (QED) is 0.651. The number of hydrogen-bond acceptors (Lipinski definition) is 1. The number of carbonyl (C=O) groups is 1. The van der Waals surface area contributed by atoms with Gasteiger partial charge in [0.2, 0.25) is 0 Å². The van der Waals surface area contributed by atoms with Crippen molar-refractivity contribution in [3.8, 4) is 0 Å². The Morgan fingerprint density at radius 3 is 2.46 bits per heavy atom. The standard InChI is InChI=1S/C9H15F2NO/c1-6(2)7-3-4-12(5-7)9(13)8(10)11/h6-8H,3-5H2,1-2H3. The minimum atomic E-state index is -2.84. The predicted octanol–water partition coefficient (Wildman–Crippen LogP) is 1.76. The van der Waals surface area contributed by atoms with Crippen LogP contribution in [0.1, 0.15) is 20.3 Å². The number of halogens is 2. The van der Waals surface area contributed by atoms with Gasteiger partial charge in [-0.25, -0.2) is 0 Å². The van der Waals surface area contributed by atoms with Crippen molar-refractivity contribution in [3.05, 3.63) is 0 Å². The molecule has 76 valence electrons. The van der Waals surface area contributed by atoms with E-state index in [2.05, 4.69) is 13.8 Å². The highest BCUT2D eigenvalue weighted by Gasteiger charge is 2.31. The SMILES string of the molecule is CC(C)C1CCN(C(=O)C(F)F)C1. The molecular weight excluding hydrogens is 176 g/mol. The van der Waals surface area contributed by atoms with Crippen LogP contribution in [0, 0.1) is 11.8 Å². The first-order valence-corrected chi connectivity index (χ1v) is 4.59. The average Bonchev–Trinajstić information content (AvgIpc) is 2.50. The van der Waals surface area contributed by atoms with E-state index in [4.69, 9.17) is 0 Å². The van der Waals surface area contributed by atoms with Gasteiger partial charge in [-0.2, -0.15) is 8.78 Å². The zero-order chi connectivity index (χ0) is 10.0. The van der Waals surface area contributed by atoms with Gasteiger partial charge in [0.1, 0.15) is 0 Å². The molecule has 1 fully saturated rings. The number of rotatable bonds is 2. The molecule has 1 atom stereocenters. The molecule has 1 saturated heterocycles. The van der Waals surface area contributed by atoms with Crippen molar-refractivity contribution in [2.45, 2.75) is 26.7 Å². The Labute approximate surface area is 76.9 Å². The van der Waals surface area contributed by atoms with Crippen LogP contribution in [0.4, 0.5) is 8.78 Å². The van der Waals surface area contributed by atoms with Gasteiger partial charge in [-0.3, -0.25) is 4.79 Å². The molecule has 2 nitrogen and oxygen atoms in total. The van der Waals surface area contributed by atoms with Crippen LogP contribution in [0.25, 0.3) is 0 Å². The lowest BCUT2D eigenvalue weighted by Gasteiger charge is -2.17. The first kappa shape index (κ1) is 10.4. The number of carbonyl (C=O) groups excluding carboxylic acids is 1. The summed E-state index contributed by atoms with van der Waals surface area (Å²) in [5.74, 6) is -0.152. The van der Waals surface area contributed by atoms with Crippen molar-refractivity contribution in [3.63, 3.8) is 0 Å². The largest absolute Gasteiger partial charge is 0.337 e. The van der Waals surface area contributed by atoms with E-state index in [1.54, 1.807) is 0 Å². The monoisotopic (exact) mass is 191 g/mol. The van der Waals surface area contributed by atoms with Gasteiger partial charge >= 0.3 is 6.43 Å². The van der Waals surface area contributed by atoms with Gasteiger partial charge in [0.15, 0.2) is 0 Å². The third-order valence-electron chi connectivity index (χ3n) is 2.67. The highest BCUT2D eigenvalue weighted by Crippen LogP contribution is 2.24. The fourth-order valence-corrected chi connectivity index (χ4v) is 1.67. The Bertz CT molecular complexity index is 194. The summed E-state index contributed by atoms with van der Waals surface area (Å²) >= 11 is 0. The fraction of sp³-hybridized carbons (Fsp3) is 0.889. The molecule has 13 heavy (non-hydrogen) atoms. The van der Waals surface area contributed by atoms with Crippen LogP contribution in [-0.4, -0.2) is 30.3 Å². The van der Waals surface area contributed by atoms with Gasteiger partial charge in [-0.1, -0.05) is 13.8 Å². The molecule has 1 heterocycles. The summed E-state index contributed by atoms with van der Waals surface area (Å²) in [5, 5.41) is 0. The van der Waals surface area contributed by atoms with Gasteiger partial charge in [-0.15, -0.1) is 0 Å². The van der Waals surface area contributed by atoms with Crippen molar-refractivity contribution >= 4 is 5.91 Å². The Hall–Kier alpha value is -0.670. The smallest absolute Gasteiger partial charge is 0.315 e. The third-order valence-corrected chi connectivity index (χ3v) is 2.67. The van der Waals surface area contributed by atoms with Gasteiger partial charge in [-0.05, 0) is 18.3 Å². The zero-order valence-electron chi connectivity index (χ0n) is 7.96. The van der Waals surface area contributed by atoms with Crippen molar-refractivity contribution < 1.29 is 13.6 Å². The maximum absolute atomic E-state index is 12.0. The van der Waals surface area contributed by atoms with Crippen molar-refractivity contribution in [1.82, 2.24) is 4.90 Å². The molecule has 0 saturated carbocycles. The minimum absolute atomic E-state index is 0.391. The summed E-state index contributed by atoms with van der Waals surface area (Å²) in [6.07, 6.45) is -1.98. The van der Waals surface area contributed by atoms with Crippen LogP contribution < -0.4 is 0 Å². The number of alkyl halides is 2. The van der Waals surface area contributed by atoms with Crippen LogP contribution in [0.5, 0.6) is 0 Å². The average molecular weight is 191 g/mol. The minimum Gasteiger partial charge on any atom is -0.337 e. The second kappa shape index (κ2) is 4.03. The lowest BCUT2D eigenvalue weighted by Crippen LogP contribution is -2.34. The molecule has 0 aromatic rings. The van der Waals surface area contributed by atoms with E-state index < -0.39 is 12.3 Å². The summed E-state index contributed by atoms with van der Waals surface area (Å²) in [7, 11) is 0. The fourth-order valence-electron chi connectivity index (χ4n) is 1.67. The molecule has 1 rings (SSSR count). The van der Waals surface area contributed by atoms with Gasteiger partial charge < -0.3 is 4.90 Å². The molecular formula is C9H15F2NO. The molecule has 0 spiro atoms. The van der Waals surface area contributed by atoms with Crippen LogP contribution in [0.2, 0.25) is 0 Å². The van der Waals surface area contributed by atoms with Gasteiger partial charge in [0.05, 0.1) is 0 Å². The molecule has 1 aliphatic rings. The van der Waals surface area contributed by atoms with E-state index in [0.29, 0.717) is 24.9 Å². The Balaban J connectivity index is 2.45. The highest BCUT2D eigenvalue weighted by molar-refractivity contribution is 5.79. The first-order chi connectivity index (χ1) is 6.02. The second-order valence-electron chi connectivity index (χ2n) is 3.88. The molecule has 1 amide bonds. The van der Waals surface area contributed by atoms with E-state index in [0.717, 1.165) is 6.42 Å². The summed E-state index contributed by atoms with van der Waals surface area (Å²) in [6, 6.07) is 0. The first-order valence-electron chi connectivity index (χ1n) is 4.59. The van der Waals surface area contributed by atoms with E-state index in [1.165, 1.54) is 4.90 Å². The number of likely N-dealkylation sites (tertiary alicyclic amines) is 1. The third kappa shape index (κ3) is 2.39. The Morgan fingerprint density at radius 2 is 2.08 bits per heavy atom. The van der Waals surface area contributed by atoms with Crippen LogP contribution in [0.15, 0.2) is 0 Å². The molecule has 0 bridgehead atoms. The summed E-state index contributed by atoms with van der Waals surface area (Å²) in [6.45, 7) is 5.11. The molecule has 0 aromatic carbocycles. The van der Waals surface area contributed by atoms with Crippen LogP contribution in [0.3, 0.4) is 0 Å². The molecule has 1 aliphatic heterocycles. The number of amides is 1. The molecule has 4 heteroatoms. The van der Waals surface area contributed by atoms with E-state index in [9.17, 15) is 13.6 Å². The molecule has 0 N–H and O–H groups in total. The molecule has 0 aliphatic carbocycles.